The number of amides is 2. The highest BCUT2D eigenvalue weighted by Gasteiger charge is 2.34. The van der Waals surface area contributed by atoms with Crippen LogP contribution in [0, 0.1) is 0 Å². The van der Waals surface area contributed by atoms with Gasteiger partial charge in [-0.05, 0) is 49.2 Å². The van der Waals surface area contributed by atoms with Gasteiger partial charge in [-0.3, -0.25) is 14.5 Å². The molecule has 0 aliphatic carbocycles. The summed E-state index contributed by atoms with van der Waals surface area (Å²) < 4.78 is 5.71. The first-order valence-corrected chi connectivity index (χ1v) is 8.08. The summed E-state index contributed by atoms with van der Waals surface area (Å²) in [5.41, 5.74) is 7.66. The summed E-state index contributed by atoms with van der Waals surface area (Å²) in [4.78, 5) is 25.8. The maximum Gasteiger partial charge on any atom is 0.261 e. The lowest BCUT2D eigenvalue weighted by atomic mass is 10.1. The first kappa shape index (κ1) is 16.2. The number of benzene rings is 2. The number of rotatable bonds is 7. The molecule has 0 fully saturated rings. The van der Waals surface area contributed by atoms with Gasteiger partial charge in [-0.25, -0.2) is 0 Å². The van der Waals surface area contributed by atoms with E-state index in [0.29, 0.717) is 37.2 Å². The fourth-order valence-corrected chi connectivity index (χ4v) is 2.81. The van der Waals surface area contributed by atoms with Crippen LogP contribution in [0.15, 0.2) is 48.5 Å². The van der Waals surface area contributed by atoms with Gasteiger partial charge < -0.3 is 10.5 Å². The van der Waals surface area contributed by atoms with Crippen LogP contribution in [0.5, 0.6) is 5.75 Å². The molecule has 5 nitrogen and oxygen atoms in total. The highest BCUT2D eigenvalue weighted by molar-refractivity contribution is 6.21. The average molecular weight is 324 g/mol. The Bertz CT molecular complexity index is 723. The summed E-state index contributed by atoms with van der Waals surface area (Å²) in [6.45, 7) is 1.40. The molecule has 5 heteroatoms. The molecular weight excluding hydrogens is 304 g/mol. The molecule has 2 N–H and O–H groups in total. The molecule has 3 rings (SSSR count). The van der Waals surface area contributed by atoms with Crippen molar-refractivity contribution in [1.29, 1.82) is 0 Å². The van der Waals surface area contributed by atoms with Crippen LogP contribution in [0.3, 0.4) is 0 Å². The monoisotopic (exact) mass is 324 g/mol. The first-order valence-electron chi connectivity index (χ1n) is 8.08. The predicted octanol–water partition coefficient (Wildman–Crippen LogP) is 2.25. The van der Waals surface area contributed by atoms with Crippen LogP contribution < -0.4 is 10.5 Å². The number of imide groups is 1. The van der Waals surface area contributed by atoms with Crippen molar-refractivity contribution in [2.45, 2.75) is 12.8 Å². The number of fused-ring (bicyclic) bond motifs is 1. The van der Waals surface area contributed by atoms with Gasteiger partial charge >= 0.3 is 0 Å². The summed E-state index contributed by atoms with van der Waals surface area (Å²) in [6.07, 6.45) is 1.40. The van der Waals surface area contributed by atoms with E-state index in [4.69, 9.17) is 10.5 Å². The van der Waals surface area contributed by atoms with Gasteiger partial charge in [-0.1, -0.05) is 24.3 Å². The Balaban J connectivity index is 1.52. The van der Waals surface area contributed by atoms with Crippen molar-refractivity contribution in [3.63, 3.8) is 0 Å². The van der Waals surface area contributed by atoms with E-state index in [2.05, 4.69) is 0 Å². The van der Waals surface area contributed by atoms with E-state index in [1.165, 1.54) is 4.90 Å². The Morgan fingerprint density at radius 1 is 0.958 bits per heavy atom. The van der Waals surface area contributed by atoms with Crippen molar-refractivity contribution in [3.8, 4) is 5.75 Å². The van der Waals surface area contributed by atoms with Crippen molar-refractivity contribution in [3.05, 3.63) is 65.2 Å². The van der Waals surface area contributed by atoms with Crippen LogP contribution in [0.2, 0.25) is 0 Å². The van der Waals surface area contributed by atoms with Gasteiger partial charge in [0.05, 0.1) is 17.7 Å². The highest BCUT2D eigenvalue weighted by atomic mass is 16.5. The van der Waals surface area contributed by atoms with Crippen molar-refractivity contribution in [1.82, 2.24) is 4.90 Å². The predicted molar refractivity (Wildman–Crippen MR) is 91.1 cm³/mol. The SMILES string of the molecule is NCCc1cccc(OCCCN2C(=O)c3ccccc3C2=O)c1. The Labute approximate surface area is 141 Å². The Morgan fingerprint density at radius 3 is 2.33 bits per heavy atom. The minimum absolute atomic E-state index is 0.222. The average Bonchev–Trinajstić information content (AvgIpc) is 2.84. The van der Waals surface area contributed by atoms with Gasteiger partial charge in [0, 0.05) is 6.54 Å². The number of hydrogen-bond donors (Lipinski definition) is 1. The van der Waals surface area contributed by atoms with E-state index in [-0.39, 0.29) is 11.8 Å². The van der Waals surface area contributed by atoms with Gasteiger partial charge in [-0.2, -0.15) is 0 Å². The maximum absolute atomic E-state index is 12.2. The lowest BCUT2D eigenvalue weighted by Crippen LogP contribution is -2.31. The molecule has 0 saturated heterocycles. The molecule has 1 heterocycles. The van der Waals surface area contributed by atoms with E-state index >= 15 is 0 Å². The van der Waals surface area contributed by atoms with Gasteiger partial charge in [0.2, 0.25) is 0 Å². The second kappa shape index (κ2) is 7.27. The number of ether oxygens (including phenoxy) is 1. The van der Waals surface area contributed by atoms with Gasteiger partial charge in [0.1, 0.15) is 5.75 Å². The van der Waals surface area contributed by atoms with E-state index in [0.717, 1.165) is 17.7 Å². The summed E-state index contributed by atoms with van der Waals surface area (Å²) in [5, 5.41) is 0. The van der Waals surface area contributed by atoms with E-state index < -0.39 is 0 Å². The molecule has 24 heavy (non-hydrogen) atoms. The number of hydrogen-bond acceptors (Lipinski definition) is 4. The molecule has 1 aliphatic heterocycles. The molecule has 0 unspecified atom stereocenters. The van der Waals surface area contributed by atoms with Gasteiger partial charge in [0.25, 0.3) is 11.8 Å². The molecule has 0 aromatic heterocycles. The third-order valence-electron chi connectivity index (χ3n) is 4.00. The normalized spacial score (nSPS) is 13.3. The number of nitrogens with two attached hydrogens (primary N) is 1. The molecule has 2 aromatic carbocycles. The first-order chi connectivity index (χ1) is 11.7. The molecule has 2 aromatic rings. The molecule has 0 atom stereocenters. The Kier molecular flexibility index (Phi) is 4.91. The van der Waals surface area contributed by atoms with Crippen LogP contribution in [0.25, 0.3) is 0 Å². The van der Waals surface area contributed by atoms with E-state index in [1.807, 2.05) is 24.3 Å². The fraction of sp³-hybridized carbons (Fsp3) is 0.263. The summed E-state index contributed by atoms with van der Waals surface area (Å²) in [7, 11) is 0. The zero-order valence-corrected chi connectivity index (χ0v) is 13.4. The number of carbonyl (C=O) groups excluding carboxylic acids is 2. The zero-order chi connectivity index (χ0) is 16.9. The maximum atomic E-state index is 12.2. The molecule has 0 saturated carbocycles. The van der Waals surface area contributed by atoms with Crippen molar-refractivity contribution in [2.24, 2.45) is 5.73 Å². The Morgan fingerprint density at radius 2 is 1.67 bits per heavy atom. The topological polar surface area (TPSA) is 72.6 Å². The second-order valence-corrected chi connectivity index (χ2v) is 5.70. The van der Waals surface area contributed by atoms with E-state index in [1.54, 1.807) is 24.3 Å². The van der Waals surface area contributed by atoms with Crippen LogP contribution in [0.4, 0.5) is 0 Å². The van der Waals surface area contributed by atoms with Crippen molar-refractivity contribution in [2.75, 3.05) is 19.7 Å². The highest BCUT2D eigenvalue weighted by Crippen LogP contribution is 2.22. The number of nitrogens with zero attached hydrogens (tertiary/aromatic N) is 1. The zero-order valence-electron chi connectivity index (χ0n) is 13.4. The third kappa shape index (κ3) is 3.31. The Hall–Kier alpha value is -2.66. The molecule has 1 aliphatic rings. The summed E-state index contributed by atoms with van der Waals surface area (Å²) >= 11 is 0. The molecular formula is C19H20N2O3. The number of carbonyl (C=O) groups is 2. The second-order valence-electron chi connectivity index (χ2n) is 5.70. The van der Waals surface area contributed by atoms with Crippen molar-refractivity contribution >= 4 is 11.8 Å². The minimum atomic E-state index is -0.222. The van der Waals surface area contributed by atoms with Crippen LogP contribution in [-0.4, -0.2) is 36.4 Å². The lowest BCUT2D eigenvalue weighted by Gasteiger charge is -2.14. The molecule has 124 valence electrons. The molecule has 0 spiro atoms. The fourth-order valence-electron chi connectivity index (χ4n) is 2.81. The quantitative estimate of drug-likeness (QED) is 0.626. The molecule has 0 bridgehead atoms. The third-order valence-corrected chi connectivity index (χ3v) is 4.00. The minimum Gasteiger partial charge on any atom is -0.494 e. The summed E-state index contributed by atoms with van der Waals surface area (Å²) in [6, 6.07) is 14.7. The van der Waals surface area contributed by atoms with Gasteiger partial charge in [0.15, 0.2) is 0 Å². The van der Waals surface area contributed by atoms with E-state index in [9.17, 15) is 9.59 Å². The molecule has 2 amide bonds. The smallest absolute Gasteiger partial charge is 0.261 e. The largest absolute Gasteiger partial charge is 0.494 e. The van der Waals surface area contributed by atoms with Crippen LogP contribution >= 0.6 is 0 Å². The van der Waals surface area contributed by atoms with Crippen LogP contribution in [-0.2, 0) is 6.42 Å². The van der Waals surface area contributed by atoms with Crippen LogP contribution in [0.1, 0.15) is 32.7 Å². The summed E-state index contributed by atoms with van der Waals surface area (Å²) in [5.74, 6) is 0.337. The molecule has 0 radical (unpaired) electrons. The van der Waals surface area contributed by atoms with Crippen molar-refractivity contribution < 1.29 is 14.3 Å². The lowest BCUT2D eigenvalue weighted by molar-refractivity contribution is 0.0647. The standard InChI is InChI=1S/C19H20N2O3/c20-10-9-14-5-3-6-15(13-14)24-12-4-11-21-18(22)16-7-1-2-8-17(16)19(21)23/h1-3,5-8,13H,4,9-12,20H2. The van der Waals surface area contributed by atoms with Gasteiger partial charge in [-0.15, -0.1) is 0 Å².